The summed E-state index contributed by atoms with van der Waals surface area (Å²) in [5.74, 6) is 0.635. The lowest BCUT2D eigenvalue weighted by Crippen LogP contribution is -2.20. The first kappa shape index (κ1) is 18.6. The van der Waals surface area contributed by atoms with E-state index in [1.807, 2.05) is 0 Å². The molecule has 2 amide bonds. The number of hydrogen-bond donors (Lipinski definition) is 2. The summed E-state index contributed by atoms with van der Waals surface area (Å²) in [5.41, 5.74) is 0.573. The van der Waals surface area contributed by atoms with Crippen molar-refractivity contribution in [2.24, 2.45) is 0 Å². The molecule has 2 aromatic heterocycles. The summed E-state index contributed by atoms with van der Waals surface area (Å²) >= 11 is 1.25. The highest BCUT2D eigenvalue weighted by Gasteiger charge is 2.12. The summed E-state index contributed by atoms with van der Waals surface area (Å²) in [6.07, 6.45) is 0. The van der Waals surface area contributed by atoms with Gasteiger partial charge in [-0.25, -0.2) is 9.37 Å². The van der Waals surface area contributed by atoms with Crippen LogP contribution < -0.4 is 15.4 Å². The van der Waals surface area contributed by atoms with Crippen LogP contribution in [-0.2, 0) is 16.1 Å². The average Bonchev–Trinajstić information content (AvgIpc) is 3.28. The Morgan fingerprint density at radius 3 is 2.74 bits per heavy atom. The Kier molecular flexibility index (Phi) is 5.82. The number of furan rings is 1. The van der Waals surface area contributed by atoms with Gasteiger partial charge in [0, 0.05) is 12.3 Å². The van der Waals surface area contributed by atoms with Crippen molar-refractivity contribution in [1.82, 2.24) is 10.3 Å². The summed E-state index contributed by atoms with van der Waals surface area (Å²) in [4.78, 5) is 27.2. The van der Waals surface area contributed by atoms with Gasteiger partial charge >= 0.3 is 0 Å². The number of nitrogens with one attached hydrogen (secondary N) is 2. The first-order chi connectivity index (χ1) is 13.0. The number of thiazole rings is 1. The number of carbonyl (C=O) groups is 2. The lowest BCUT2D eigenvalue weighted by atomic mass is 10.3. The number of ether oxygens (including phenoxy) is 1. The monoisotopic (exact) mass is 389 g/mol. The van der Waals surface area contributed by atoms with E-state index in [2.05, 4.69) is 15.6 Å². The maximum absolute atomic E-state index is 12.8. The van der Waals surface area contributed by atoms with Crippen LogP contribution in [0.3, 0.4) is 0 Å². The highest BCUT2D eigenvalue weighted by molar-refractivity contribution is 7.14. The van der Waals surface area contributed by atoms with Gasteiger partial charge in [0.05, 0.1) is 6.54 Å². The van der Waals surface area contributed by atoms with Crippen LogP contribution in [0.5, 0.6) is 5.75 Å². The number of carbonyl (C=O) groups excluding carboxylic acids is 2. The standard InChI is InChI=1S/C18H16FN3O4S/c1-11(23)20-8-14-6-7-16(26-14)15-10-27-18(21-15)22-17(24)9-25-13-4-2-12(19)3-5-13/h2-7,10H,8-9H2,1H3,(H,20,23)(H,21,22,24). The third-order valence-electron chi connectivity index (χ3n) is 3.36. The minimum absolute atomic E-state index is 0.144. The molecule has 0 aliphatic heterocycles. The minimum atomic E-state index is -0.383. The predicted octanol–water partition coefficient (Wildman–Crippen LogP) is 3.20. The number of halogens is 1. The van der Waals surface area contributed by atoms with Gasteiger partial charge in [0.1, 0.15) is 23.0 Å². The zero-order chi connectivity index (χ0) is 19.2. The Morgan fingerprint density at radius 2 is 2.00 bits per heavy atom. The van der Waals surface area contributed by atoms with Crippen molar-refractivity contribution in [3.63, 3.8) is 0 Å². The quantitative estimate of drug-likeness (QED) is 0.647. The number of anilines is 1. The van der Waals surface area contributed by atoms with Crippen LogP contribution in [0.25, 0.3) is 11.5 Å². The predicted molar refractivity (Wildman–Crippen MR) is 97.9 cm³/mol. The molecule has 3 aromatic rings. The van der Waals surface area contributed by atoms with Crippen LogP contribution >= 0.6 is 11.3 Å². The number of benzene rings is 1. The second kappa shape index (κ2) is 8.45. The maximum atomic E-state index is 12.8. The Bertz CT molecular complexity index is 936. The van der Waals surface area contributed by atoms with Crippen molar-refractivity contribution in [1.29, 1.82) is 0 Å². The summed E-state index contributed by atoms with van der Waals surface area (Å²) in [5, 5.41) is 7.43. The molecule has 7 nitrogen and oxygen atoms in total. The van der Waals surface area contributed by atoms with E-state index >= 15 is 0 Å². The largest absolute Gasteiger partial charge is 0.484 e. The van der Waals surface area contributed by atoms with Gasteiger partial charge in [0.25, 0.3) is 5.91 Å². The van der Waals surface area contributed by atoms with Crippen molar-refractivity contribution in [2.45, 2.75) is 13.5 Å². The number of rotatable bonds is 7. The number of hydrogen-bond acceptors (Lipinski definition) is 6. The molecule has 27 heavy (non-hydrogen) atoms. The Hall–Kier alpha value is -3.20. The zero-order valence-corrected chi connectivity index (χ0v) is 15.1. The van der Waals surface area contributed by atoms with E-state index in [1.54, 1.807) is 17.5 Å². The normalized spacial score (nSPS) is 10.4. The fourth-order valence-electron chi connectivity index (χ4n) is 2.10. The van der Waals surface area contributed by atoms with E-state index in [1.165, 1.54) is 42.5 Å². The minimum Gasteiger partial charge on any atom is -0.484 e. The van der Waals surface area contributed by atoms with Crippen LogP contribution in [-0.4, -0.2) is 23.4 Å². The molecule has 3 rings (SSSR count). The molecule has 0 fully saturated rings. The van der Waals surface area contributed by atoms with E-state index < -0.39 is 0 Å². The van der Waals surface area contributed by atoms with Gasteiger partial charge in [-0.1, -0.05) is 0 Å². The van der Waals surface area contributed by atoms with Gasteiger partial charge < -0.3 is 14.5 Å². The van der Waals surface area contributed by atoms with Gasteiger partial charge in [-0.2, -0.15) is 0 Å². The number of amides is 2. The van der Waals surface area contributed by atoms with Gasteiger partial charge in [0.15, 0.2) is 17.5 Å². The molecule has 0 aliphatic rings. The van der Waals surface area contributed by atoms with Crippen LogP contribution in [0.15, 0.2) is 46.2 Å². The van der Waals surface area contributed by atoms with Gasteiger partial charge in [-0.05, 0) is 36.4 Å². The fourth-order valence-corrected chi connectivity index (χ4v) is 2.82. The highest BCUT2D eigenvalue weighted by Crippen LogP contribution is 2.26. The third kappa shape index (κ3) is 5.38. The van der Waals surface area contributed by atoms with E-state index in [4.69, 9.17) is 9.15 Å². The molecule has 0 saturated carbocycles. The molecule has 2 heterocycles. The number of aromatic nitrogens is 1. The molecule has 0 saturated heterocycles. The van der Waals surface area contributed by atoms with Crippen LogP contribution in [0.2, 0.25) is 0 Å². The molecule has 0 unspecified atom stereocenters. The molecule has 0 bridgehead atoms. The van der Waals surface area contributed by atoms with Crippen molar-refractivity contribution in [2.75, 3.05) is 11.9 Å². The van der Waals surface area contributed by atoms with Crippen molar-refractivity contribution < 1.29 is 23.1 Å². The third-order valence-corrected chi connectivity index (χ3v) is 4.12. The molecule has 2 N–H and O–H groups in total. The zero-order valence-electron chi connectivity index (χ0n) is 14.3. The molecule has 9 heteroatoms. The van der Waals surface area contributed by atoms with E-state index in [9.17, 15) is 14.0 Å². The van der Waals surface area contributed by atoms with Crippen molar-refractivity contribution in [3.8, 4) is 17.2 Å². The van der Waals surface area contributed by atoms with Crippen LogP contribution in [0.1, 0.15) is 12.7 Å². The molecule has 0 aliphatic carbocycles. The topological polar surface area (TPSA) is 93.5 Å². The average molecular weight is 389 g/mol. The summed E-state index contributed by atoms with van der Waals surface area (Å²) in [7, 11) is 0. The second-order valence-corrected chi connectivity index (χ2v) is 6.36. The number of nitrogens with zero attached hydrogens (tertiary/aromatic N) is 1. The molecule has 0 atom stereocenters. The lowest BCUT2D eigenvalue weighted by molar-refractivity contribution is -0.119. The highest BCUT2D eigenvalue weighted by atomic mass is 32.1. The van der Waals surface area contributed by atoms with Crippen molar-refractivity contribution >= 4 is 28.3 Å². The Labute approximate surface area is 158 Å². The Morgan fingerprint density at radius 1 is 1.22 bits per heavy atom. The second-order valence-electron chi connectivity index (χ2n) is 5.50. The van der Waals surface area contributed by atoms with E-state index in [0.717, 1.165) is 0 Å². The Balaban J connectivity index is 1.53. The van der Waals surface area contributed by atoms with Crippen LogP contribution in [0.4, 0.5) is 9.52 Å². The first-order valence-corrected chi connectivity index (χ1v) is 8.85. The van der Waals surface area contributed by atoms with E-state index in [0.29, 0.717) is 34.6 Å². The van der Waals surface area contributed by atoms with Gasteiger partial charge in [-0.3, -0.25) is 14.9 Å². The van der Waals surface area contributed by atoms with Gasteiger partial charge in [-0.15, -0.1) is 11.3 Å². The smallest absolute Gasteiger partial charge is 0.264 e. The SMILES string of the molecule is CC(=O)NCc1ccc(-c2csc(NC(=O)COc3ccc(F)cc3)n2)o1. The summed E-state index contributed by atoms with van der Waals surface area (Å²) in [6.45, 7) is 1.50. The van der Waals surface area contributed by atoms with Gasteiger partial charge in [0.2, 0.25) is 5.91 Å². The fraction of sp³-hybridized carbons (Fsp3) is 0.167. The molecular weight excluding hydrogens is 373 g/mol. The maximum Gasteiger partial charge on any atom is 0.264 e. The van der Waals surface area contributed by atoms with E-state index in [-0.39, 0.29) is 24.2 Å². The molecule has 1 aromatic carbocycles. The molecule has 0 spiro atoms. The molecule has 140 valence electrons. The van der Waals surface area contributed by atoms with Crippen molar-refractivity contribution in [3.05, 3.63) is 53.4 Å². The lowest BCUT2D eigenvalue weighted by Gasteiger charge is -2.05. The first-order valence-electron chi connectivity index (χ1n) is 7.97. The molecular formula is C18H16FN3O4S. The summed E-state index contributed by atoms with van der Waals surface area (Å²) in [6, 6.07) is 8.89. The molecule has 0 radical (unpaired) electrons. The summed E-state index contributed by atoms with van der Waals surface area (Å²) < 4.78 is 23.7. The van der Waals surface area contributed by atoms with Crippen LogP contribution in [0, 0.1) is 5.82 Å².